The lowest BCUT2D eigenvalue weighted by Crippen LogP contribution is -2.50. The number of thioether (sulfide) groups is 1. The molecule has 9 heteroatoms. The zero-order valence-corrected chi connectivity index (χ0v) is 19.1. The van der Waals surface area contributed by atoms with Gasteiger partial charge in [-0.3, -0.25) is 20.1 Å². The second-order valence-corrected chi connectivity index (χ2v) is 9.35. The molecule has 0 spiro atoms. The molecule has 3 atom stereocenters. The smallest absolute Gasteiger partial charge is 0.314 e. The van der Waals surface area contributed by atoms with Crippen LogP contribution in [-0.4, -0.2) is 33.4 Å². The molecule has 2 aliphatic heterocycles. The molecule has 1 N–H and O–H groups in total. The lowest BCUT2D eigenvalue weighted by atomic mass is 9.74. The number of nitrogens with one attached hydrogen (secondary N) is 1. The minimum Gasteiger partial charge on any atom is -0.369 e. The summed E-state index contributed by atoms with van der Waals surface area (Å²) in [6, 6.07) is 3.49. The number of rotatable bonds is 3. The minimum atomic E-state index is -1.11. The fourth-order valence-electron chi connectivity index (χ4n) is 4.33. The number of hydrogen-bond acceptors (Lipinski definition) is 6. The zero-order valence-electron chi connectivity index (χ0n) is 18.3. The average Bonchev–Trinajstić information content (AvgIpc) is 2.84. The average molecular weight is 480 g/mol. The van der Waals surface area contributed by atoms with E-state index in [4.69, 9.17) is 9.73 Å². The van der Waals surface area contributed by atoms with Gasteiger partial charge < -0.3 is 4.74 Å². The van der Waals surface area contributed by atoms with Crippen LogP contribution in [0.1, 0.15) is 29.5 Å². The number of amidine groups is 1. The third kappa shape index (κ3) is 4.30. The SMILES string of the molecule is Cc1cnc([C@H]2C[C@H]3CSC(NC(=O)C4=CC=C[C+]=C4)=N[C@@]3(c3ccc(F)cc3F)CO2)cn1. The monoisotopic (exact) mass is 479 g/mol. The van der Waals surface area contributed by atoms with Crippen molar-refractivity contribution in [1.29, 1.82) is 0 Å². The number of benzene rings is 1. The van der Waals surface area contributed by atoms with Gasteiger partial charge in [-0.25, -0.2) is 13.8 Å². The van der Waals surface area contributed by atoms with Crippen molar-refractivity contribution < 1.29 is 18.3 Å². The fraction of sp³-hybridized carbons (Fsp3) is 0.280. The Morgan fingerprint density at radius 3 is 2.91 bits per heavy atom. The Balaban J connectivity index is 1.48. The van der Waals surface area contributed by atoms with E-state index in [1.807, 2.05) is 6.92 Å². The van der Waals surface area contributed by atoms with Gasteiger partial charge in [0.25, 0.3) is 0 Å². The maximum Gasteiger partial charge on any atom is 0.314 e. The van der Waals surface area contributed by atoms with Crippen molar-refractivity contribution in [3.8, 4) is 0 Å². The van der Waals surface area contributed by atoms with E-state index >= 15 is 4.39 Å². The maximum absolute atomic E-state index is 15.0. The summed E-state index contributed by atoms with van der Waals surface area (Å²) in [6.45, 7) is 1.91. The number of allylic oxidation sites excluding steroid dienone is 4. The normalized spacial score (nSPS) is 25.6. The molecule has 6 nitrogen and oxygen atoms in total. The van der Waals surface area contributed by atoms with Crippen LogP contribution in [-0.2, 0) is 15.1 Å². The number of halogens is 2. The second kappa shape index (κ2) is 9.18. The number of aromatic nitrogens is 2. The number of nitrogens with zero attached hydrogens (tertiary/aromatic N) is 3. The molecular formula is C25H21F2N4O2S+. The van der Waals surface area contributed by atoms with Gasteiger partial charge in [-0.05, 0) is 19.4 Å². The molecule has 1 saturated heterocycles. The summed E-state index contributed by atoms with van der Waals surface area (Å²) in [4.78, 5) is 26.3. The highest BCUT2D eigenvalue weighted by molar-refractivity contribution is 8.13. The van der Waals surface area contributed by atoms with Crippen LogP contribution in [0.15, 0.2) is 65.5 Å². The van der Waals surface area contributed by atoms with Crippen LogP contribution in [0, 0.1) is 30.6 Å². The van der Waals surface area contributed by atoms with E-state index in [9.17, 15) is 9.18 Å². The molecule has 3 heterocycles. The summed E-state index contributed by atoms with van der Waals surface area (Å²) in [5, 5.41) is 3.19. The molecule has 0 unspecified atom stereocenters. The number of hydrogen-bond donors (Lipinski definition) is 1. The number of amides is 1. The highest BCUT2D eigenvalue weighted by Gasteiger charge is 2.50. The van der Waals surface area contributed by atoms with Gasteiger partial charge in [-0.2, -0.15) is 0 Å². The van der Waals surface area contributed by atoms with E-state index in [0.717, 1.165) is 11.8 Å². The Morgan fingerprint density at radius 2 is 2.18 bits per heavy atom. The number of ether oxygens (including phenoxy) is 1. The molecule has 5 rings (SSSR count). The van der Waals surface area contributed by atoms with Crippen molar-refractivity contribution in [2.45, 2.75) is 25.0 Å². The molecule has 1 amide bonds. The summed E-state index contributed by atoms with van der Waals surface area (Å²) in [5.41, 5.74) is 1.08. The number of aliphatic imine (C=N–C) groups is 1. The van der Waals surface area contributed by atoms with Crippen LogP contribution in [0.2, 0.25) is 0 Å². The van der Waals surface area contributed by atoms with Crippen LogP contribution < -0.4 is 5.32 Å². The molecular weight excluding hydrogens is 458 g/mol. The van der Waals surface area contributed by atoms with Crippen LogP contribution >= 0.6 is 11.8 Å². The van der Waals surface area contributed by atoms with Crippen molar-refractivity contribution in [3.63, 3.8) is 0 Å². The standard InChI is InChI=1S/C25H20F2N4O2S/c1-15-11-29-21(12-28-15)22-9-17-13-34-24(30-23(32)16-5-3-2-4-6-16)31-25(17,14-33-22)19-8-7-18(26)10-20(19)27/h2-3,5-8,10-12,17,22H,9,13-14H2,1H3/p+1/t17-,22+,25-/m0/s1. The predicted octanol–water partition coefficient (Wildman–Crippen LogP) is 4.11. The molecule has 2 aromatic rings. The van der Waals surface area contributed by atoms with Gasteiger partial charge >= 0.3 is 5.91 Å². The summed E-state index contributed by atoms with van der Waals surface area (Å²) in [5.74, 6) is -1.26. The number of fused-ring (bicyclic) bond motifs is 1. The quantitative estimate of drug-likeness (QED) is 0.671. The number of carbonyl (C=O) groups is 1. The van der Waals surface area contributed by atoms with Gasteiger partial charge in [-0.15, -0.1) is 0 Å². The molecule has 0 bridgehead atoms. The van der Waals surface area contributed by atoms with Crippen LogP contribution in [0.4, 0.5) is 8.78 Å². The summed E-state index contributed by atoms with van der Waals surface area (Å²) in [7, 11) is 0. The van der Waals surface area contributed by atoms with E-state index in [1.54, 1.807) is 36.7 Å². The predicted molar refractivity (Wildman–Crippen MR) is 125 cm³/mol. The van der Waals surface area contributed by atoms with Crippen molar-refractivity contribution >= 4 is 22.8 Å². The van der Waals surface area contributed by atoms with E-state index in [-0.39, 0.29) is 30.1 Å². The van der Waals surface area contributed by atoms with Crippen molar-refractivity contribution in [3.05, 3.63) is 95.1 Å². The minimum absolute atomic E-state index is 0.0550. The van der Waals surface area contributed by atoms with Crippen LogP contribution in [0.25, 0.3) is 0 Å². The lowest BCUT2D eigenvalue weighted by molar-refractivity contribution is -0.115. The van der Waals surface area contributed by atoms with Crippen LogP contribution in [0.3, 0.4) is 0 Å². The van der Waals surface area contributed by atoms with Crippen molar-refractivity contribution in [1.82, 2.24) is 15.3 Å². The zero-order chi connectivity index (χ0) is 23.7. The van der Waals surface area contributed by atoms with E-state index in [1.165, 1.54) is 23.9 Å². The maximum atomic E-state index is 15.0. The Morgan fingerprint density at radius 1 is 1.29 bits per heavy atom. The van der Waals surface area contributed by atoms with Crippen molar-refractivity contribution in [2.24, 2.45) is 10.9 Å². The lowest BCUT2D eigenvalue weighted by Gasteiger charge is -2.46. The van der Waals surface area contributed by atoms with E-state index in [0.29, 0.717) is 28.6 Å². The largest absolute Gasteiger partial charge is 0.369 e. The van der Waals surface area contributed by atoms with E-state index in [2.05, 4.69) is 21.4 Å². The first-order valence-electron chi connectivity index (χ1n) is 10.8. The Kier molecular flexibility index (Phi) is 6.08. The fourth-order valence-corrected chi connectivity index (χ4v) is 5.49. The first-order chi connectivity index (χ1) is 16.4. The van der Waals surface area contributed by atoms with Gasteiger partial charge in [0.2, 0.25) is 0 Å². The number of carbonyl (C=O) groups excluding carboxylic acids is 1. The Bertz CT molecular complexity index is 1240. The molecule has 1 aliphatic carbocycles. The molecule has 1 aromatic heterocycles. The molecule has 3 aliphatic rings. The first-order valence-corrected chi connectivity index (χ1v) is 11.8. The van der Waals surface area contributed by atoms with Gasteiger partial charge in [-0.1, -0.05) is 17.8 Å². The first kappa shape index (κ1) is 22.5. The topological polar surface area (TPSA) is 76.5 Å². The third-order valence-corrected chi connectivity index (χ3v) is 7.15. The summed E-state index contributed by atoms with van der Waals surface area (Å²) >= 11 is 1.39. The molecule has 0 saturated carbocycles. The molecule has 0 radical (unpaired) electrons. The third-order valence-electron chi connectivity index (χ3n) is 6.12. The molecule has 1 aromatic carbocycles. The Labute approximate surface area is 199 Å². The molecule has 172 valence electrons. The Hall–Kier alpha value is -3.26. The van der Waals surface area contributed by atoms with Crippen LogP contribution in [0.5, 0.6) is 0 Å². The number of aryl methyl sites for hydroxylation is 1. The molecule has 34 heavy (non-hydrogen) atoms. The van der Waals surface area contributed by atoms with Gasteiger partial charge in [0.15, 0.2) is 10.7 Å². The summed E-state index contributed by atoms with van der Waals surface area (Å²) in [6.07, 6.45) is 13.1. The molecule has 1 fully saturated rings. The van der Waals surface area contributed by atoms with E-state index < -0.39 is 17.2 Å². The van der Waals surface area contributed by atoms with Gasteiger partial charge in [0.1, 0.15) is 35.4 Å². The van der Waals surface area contributed by atoms with Gasteiger partial charge in [0.05, 0.1) is 30.3 Å². The summed E-state index contributed by atoms with van der Waals surface area (Å²) < 4.78 is 34.9. The highest BCUT2D eigenvalue weighted by Crippen LogP contribution is 2.49. The van der Waals surface area contributed by atoms with Crippen molar-refractivity contribution in [2.75, 3.05) is 12.4 Å². The van der Waals surface area contributed by atoms with Gasteiger partial charge in [0, 0.05) is 41.6 Å². The highest BCUT2D eigenvalue weighted by atomic mass is 32.2. The second-order valence-electron chi connectivity index (χ2n) is 8.34.